The van der Waals surface area contributed by atoms with Gasteiger partial charge in [0.25, 0.3) is 5.56 Å². The van der Waals surface area contributed by atoms with E-state index < -0.39 is 43.8 Å². The molecule has 1 saturated heterocycles. The lowest BCUT2D eigenvalue weighted by Gasteiger charge is -2.22. The van der Waals surface area contributed by atoms with Gasteiger partial charge in [-0.05, 0) is 30.5 Å². The first-order valence-electron chi connectivity index (χ1n) is 11.3. The maximum Gasteiger partial charge on any atom is 0.459 e. The fraction of sp³-hybridized carbons (Fsp3) is 0.292. The topological polar surface area (TPSA) is 138 Å². The number of carbonyl (C=O) groups excluding carboxylic acids is 1. The molecule has 0 saturated carbocycles. The Labute approximate surface area is 206 Å². The summed E-state index contributed by atoms with van der Waals surface area (Å²) in [5, 5.41) is 2.55. The molecular formula is C24H26N3O8P. The number of aromatic nitrogens is 2. The summed E-state index contributed by atoms with van der Waals surface area (Å²) < 4.78 is 37.0. The molecule has 2 N–H and O–H groups in total. The average molecular weight is 515 g/mol. The number of hydrogen-bond donors (Lipinski definition) is 2. The summed E-state index contributed by atoms with van der Waals surface area (Å²) in [5.74, 6) is -0.343. The van der Waals surface area contributed by atoms with E-state index in [0.29, 0.717) is 12.8 Å². The number of hydrogen-bond acceptors (Lipinski definition) is 8. The molecule has 3 atom stereocenters. The van der Waals surface area contributed by atoms with Crippen LogP contribution in [-0.2, 0) is 30.0 Å². The summed E-state index contributed by atoms with van der Waals surface area (Å²) in [6.45, 7) is -0.448. The second kappa shape index (κ2) is 12.0. The molecule has 36 heavy (non-hydrogen) atoms. The first-order chi connectivity index (χ1) is 17.4. The molecular weight excluding hydrogens is 489 g/mol. The zero-order chi connectivity index (χ0) is 25.4. The fourth-order valence-corrected chi connectivity index (χ4v) is 4.82. The van der Waals surface area contributed by atoms with E-state index >= 15 is 0 Å². The van der Waals surface area contributed by atoms with Gasteiger partial charge in [-0.3, -0.25) is 23.7 Å². The molecule has 1 aliphatic heterocycles. The van der Waals surface area contributed by atoms with Crippen molar-refractivity contribution >= 4 is 13.7 Å². The number of carbonyl (C=O) groups is 1. The van der Waals surface area contributed by atoms with Crippen LogP contribution in [-0.4, -0.2) is 34.8 Å². The van der Waals surface area contributed by atoms with Crippen LogP contribution in [0.3, 0.4) is 0 Å². The largest absolute Gasteiger partial charge is 0.460 e. The molecule has 1 aliphatic rings. The molecule has 3 aromatic rings. The molecule has 3 unspecified atom stereocenters. The Hall–Kier alpha value is -3.50. The summed E-state index contributed by atoms with van der Waals surface area (Å²) in [6.07, 6.45) is 1.27. The highest BCUT2D eigenvalue weighted by Gasteiger charge is 2.33. The van der Waals surface area contributed by atoms with Crippen molar-refractivity contribution in [3.63, 3.8) is 0 Å². The Morgan fingerprint density at radius 3 is 2.50 bits per heavy atom. The third kappa shape index (κ3) is 7.25. The van der Waals surface area contributed by atoms with Gasteiger partial charge in [0.15, 0.2) is 0 Å². The molecule has 190 valence electrons. The number of rotatable bonds is 11. The average Bonchev–Trinajstić information content (AvgIpc) is 3.35. The normalized spacial score (nSPS) is 18.9. The van der Waals surface area contributed by atoms with E-state index in [1.807, 2.05) is 30.3 Å². The van der Waals surface area contributed by atoms with Crippen molar-refractivity contribution < 1.29 is 27.9 Å². The lowest BCUT2D eigenvalue weighted by Crippen LogP contribution is -2.32. The van der Waals surface area contributed by atoms with Gasteiger partial charge in [0.2, 0.25) is 0 Å². The molecule has 0 radical (unpaired) electrons. The Bertz CT molecular complexity index is 1310. The fourth-order valence-electron chi connectivity index (χ4n) is 3.52. The van der Waals surface area contributed by atoms with Crippen molar-refractivity contribution in [2.75, 3.05) is 13.2 Å². The SMILES string of the molecule is O=C(CNP(=O)(OCC1CCC(n2ccc(=O)[nH]c2=O)O1)Oc1ccccc1)OCc1ccccc1. The molecule has 1 fully saturated rings. The zero-order valence-electron chi connectivity index (χ0n) is 19.3. The molecule has 4 rings (SSSR count). The van der Waals surface area contributed by atoms with Gasteiger partial charge in [0.1, 0.15) is 25.1 Å². The Morgan fingerprint density at radius 2 is 1.78 bits per heavy atom. The van der Waals surface area contributed by atoms with Gasteiger partial charge < -0.3 is 14.0 Å². The van der Waals surface area contributed by atoms with Crippen molar-refractivity contribution in [2.45, 2.75) is 31.8 Å². The molecule has 0 bridgehead atoms. The number of para-hydroxylation sites is 1. The van der Waals surface area contributed by atoms with E-state index in [-0.39, 0.29) is 19.0 Å². The van der Waals surface area contributed by atoms with Crippen LogP contribution in [0, 0.1) is 0 Å². The molecule has 0 spiro atoms. The monoisotopic (exact) mass is 515 g/mol. The third-order valence-corrected chi connectivity index (χ3v) is 6.79. The minimum atomic E-state index is -4.00. The zero-order valence-corrected chi connectivity index (χ0v) is 20.2. The summed E-state index contributed by atoms with van der Waals surface area (Å²) in [4.78, 5) is 37.7. The van der Waals surface area contributed by atoms with Gasteiger partial charge in [-0.2, -0.15) is 0 Å². The summed E-state index contributed by atoms with van der Waals surface area (Å²) >= 11 is 0. The van der Waals surface area contributed by atoms with Crippen molar-refractivity contribution in [1.29, 1.82) is 0 Å². The van der Waals surface area contributed by atoms with Gasteiger partial charge in [-0.15, -0.1) is 0 Å². The van der Waals surface area contributed by atoms with Crippen molar-refractivity contribution in [2.24, 2.45) is 0 Å². The first-order valence-corrected chi connectivity index (χ1v) is 12.9. The Kier molecular flexibility index (Phi) is 8.50. The third-order valence-electron chi connectivity index (χ3n) is 5.31. The van der Waals surface area contributed by atoms with Crippen molar-refractivity contribution in [3.05, 3.63) is 99.3 Å². The van der Waals surface area contributed by atoms with Crippen LogP contribution in [0.25, 0.3) is 0 Å². The lowest BCUT2D eigenvalue weighted by molar-refractivity contribution is -0.143. The summed E-state index contributed by atoms with van der Waals surface area (Å²) in [7, 11) is -4.00. The van der Waals surface area contributed by atoms with Crippen LogP contribution in [0.2, 0.25) is 0 Å². The number of esters is 1. The summed E-state index contributed by atoms with van der Waals surface area (Å²) in [6, 6.07) is 18.8. The molecule has 1 aromatic heterocycles. The van der Waals surface area contributed by atoms with E-state index in [4.69, 9.17) is 18.5 Å². The van der Waals surface area contributed by atoms with Gasteiger partial charge >= 0.3 is 19.4 Å². The highest BCUT2D eigenvalue weighted by molar-refractivity contribution is 7.52. The molecule has 11 nitrogen and oxygen atoms in total. The smallest absolute Gasteiger partial charge is 0.459 e. The predicted molar refractivity (Wildman–Crippen MR) is 129 cm³/mol. The van der Waals surface area contributed by atoms with Gasteiger partial charge in [0.05, 0.1) is 12.7 Å². The van der Waals surface area contributed by atoms with E-state index in [1.54, 1.807) is 30.3 Å². The lowest BCUT2D eigenvalue weighted by atomic mass is 10.2. The molecule has 2 aromatic carbocycles. The minimum absolute atomic E-state index is 0.0769. The van der Waals surface area contributed by atoms with E-state index in [1.165, 1.54) is 16.8 Å². The van der Waals surface area contributed by atoms with Gasteiger partial charge in [0, 0.05) is 12.3 Å². The highest BCUT2D eigenvalue weighted by atomic mass is 31.2. The highest BCUT2D eigenvalue weighted by Crippen LogP contribution is 2.45. The second-order valence-corrected chi connectivity index (χ2v) is 9.74. The standard InChI is InChI=1S/C24H26N3O8P/c28-21-13-14-27(24(30)26-21)22-12-11-20(34-22)17-33-36(31,35-19-9-5-2-6-10-19)25-15-23(29)32-16-18-7-3-1-4-8-18/h1-10,13-14,20,22H,11-12,15-17H2,(H,25,31)(H,26,28,30). The van der Waals surface area contributed by atoms with E-state index in [2.05, 4.69) is 10.1 Å². The number of nitrogens with one attached hydrogen (secondary N) is 2. The summed E-state index contributed by atoms with van der Waals surface area (Å²) in [5.41, 5.74) is -0.260. The number of ether oxygens (including phenoxy) is 2. The second-order valence-electron chi connectivity index (χ2n) is 7.99. The van der Waals surface area contributed by atoms with Crippen LogP contribution >= 0.6 is 7.75 Å². The number of benzene rings is 2. The quantitative estimate of drug-likeness (QED) is 0.292. The van der Waals surface area contributed by atoms with Crippen molar-refractivity contribution in [3.8, 4) is 5.75 Å². The number of aromatic amines is 1. The first kappa shape index (κ1) is 25.6. The Balaban J connectivity index is 1.35. The van der Waals surface area contributed by atoms with Crippen LogP contribution in [0.15, 0.2) is 82.5 Å². The van der Waals surface area contributed by atoms with Crippen LogP contribution in [0.5, 0.6) is 5.75 Å². The maximum atomic E-state index is 13.4. The van der Waals surface area contributed by atoms with E-state index in [0.717, 1.165) is 5.56 Å². The molecule has 12 heteroatoms. The minimum Gasteiger partial charge on any atom is -0.460 e. The van der Waals surface area contributed by atoms with E-state index in [9.17, 15) is 18.9 Å². The predicted octanol–water partition coefficient (Wildman–Crippen LogP) is 2.75. The molecule has 0 aliphatic carbocycles. The number of H-pyrrole nitrogens is 1. The van der Waals surface area contributed by atoms with Crippen LogP contribution < -0.4 is 20.9 Å². The van der Waals surface area contributed by atoms with Crippen molar-refractivity contribution in [1.82, 2.24) is 14.6 Å². The van der Waals surface area contributed by atoms with Crippen LogP contribution in [0.4, 0.5) is 0 Å². The maximum absolute atomic E-state index is 13.4. The number of nitrogens with zero attached hydrogens (tertiary/aromatic N) is 1. The van der Waals surface area contributed by atoms with Crippen LogP contribution in [0.1, 0.15) is 24.6 Å². The Morgan fingerprint density at radius 1 is 1.06 bits per heavy atom. The van der Waals surface area contributed by atoms with Gasteiger partial charge in [-0.1, -0.05) is 48.5 Å². The molecule has 2 heterocycles. The van der Waals surface area contributed by atoms with Gasteiger partial charge in [-0.25, -0.2) is 14.4 Å². The molecule has 0 amide bonds.